The topological polar surface area (TPSA) is 27.7 Å². The van der Waals surface area contributed by atoms with E-state index < -0.39 is 0 Å². The molecule has 3 nitrogen and oxygen atoms in total. The second kappa shape index (κ2) is 7.19. The van der Waals surface area contributed by atoms with Crippen LogP contribution in [0, 0.1) is 11.8 Å². The SMILES string of the molecule is C=C[C@H]1[C@H](Cc2ccc3c(c2)OCO3)CO[C@@H]1CCCCC. The predicted octanol–water partition coefficient (Wildman–Crippen LogP) is 4.36. The van der Waals surface area contributed by atoms with Crippen LogP contribution >= 0.6 is 0 Å². The molecule has 2 aliphatic rings. The fraction of sp³-hybridized carbons (Fsp3) is 0.579. The Hall–Kier alpha value is -1.48. The number of unbranched alkanes of at least 4 members (excludes halogenated alkanes) is 2. The summed E-state index contributed by atoms with van der Waals surface area (Å²) in [6.07, 6.45) is 8.41. The van der Waals surface area contributed by atoms with Gasteiger partial charge in [0.2, 0.25) is 6.79 Å². The Balaban J connectivity index is 1.61. The van der Waals surface area contributed by atoms with Gasteiger partial charge in [0.1, 0.15) is 0 Å². The number of hydrogen-bond acceptors (Lipinski definition) is 3. The van der Waals surface area contributed by atoms with Gasteiger partial charge in [-0.25, -0.2) is 0 Å². The minimum Gasteiger partial charge on any atom is -0.454 e. The summed E-state index contributed by atoms with van der Waals surface area (Å²) in [6, 6.07) is 6.25. The molecule has 1 saturated heterocycles. The van der Waals surface area contributed by atoms with E-state index in [2.05, 4.69) is 31.7 Å². The van der Waals surface area contributed by atoms with Crippen LogP contribution < -0.4 is 9.47 Å². The van der Waals surface area contributed by atoms with Gasteiger partial charge in [-0.05, 0) is 36.5 Å². The molecule has 0 aliphatic carbocycles. The third-order valence-electron chi connectivity index (χ3n) is 4.80. The van der Waals surface area contributed by atoms with Crippen molar-refractivity contribution < 1.29 is 14.2 Å². The van der Waals surface area contributed by atoms with E-state index in [1.54, 1.807) is 0 Å². The summed E-state index contributed by atoms with van der Waals surface area (Å²) in [5.41, 5.74) is 1.29. The van der Waals surface area contributed by atoms with Crippen molar-refractivity contribution in [3.63, 3.8) is 0 Å². The maximum atomic E-state index is 6.05. The van der Waals surface area contributed by atoms with Crippen molar-refractivity contribution in [1.29, 1.82) is 0 Å². The minimum absolute atomic E-state index is 0.333. The van der Waals surface area contributed by atoms with Crippen molar-refractivity contribution in [3.8, 4) is 11.5 Å². The first-order valence-electron chi connectivity index (χ1n) is 8.44. The average molecular weight is 302 g/mol. The Morgan fingerprint density at radius 1 is 1.23 bits per heavy atom. The first-order chi connectivity index (χ1) is 10.8. The summed E-state index contributed by atoms with van der Waals surface area (Å²) >= 11 is 0. The highest BCUT2D eigenvalue weighted by molar-refractivity contribution is 5.44. The van der Waals surface area contributed by atoms with E-state index in [-0.39, 0.29) is 0 Å². The van der Waals surface area contributed by atoms with Gasteiger partial charge in [0, 0.05) is 5.92 Å². The van der Waals surface area contributed by atoms with Crippen LogP contribution in [0.15, 0.2) is 30.9 Å². The summed E-state index contributed by atoms with van der Waals surface area (Å²) in [5, 5.41) is 0. The van der Waals surface area contributed by atoms with Crippen LogP contribution in [0.1, 0.15) is 38.2 Å². The molecular weight excluding hydrogens is 276 g/mol. The summed E-state index contributed by atoms with van der Waals surface area (Å²) in [6.45, 7) is 7.45. The van der Waals surface area contributed by atoms with Crippen molar-refractivity contribution in [2.75, 3.05) is 13.4 Å². The second-order valence-electron chi connectivity index (χ2n) is 6.33. The van der Waals surface area contributed by atoms with E-state index in [4.69, 9.17) is 14.2 Å². The maximum Gasteiger partial charge on any atom is 0.231 e. The first kappa shape index (κ1) is 15.4. The van der Waals surface area contributed by atoms with Crippen molar-refractivity contribution in [3.05, 3.63) is 36.4 Å². The number of benzene rings is 1. The molecule has 2 heterocycles. The highest BCUT2D eigenvalue weighted by Gasteiger charge is 2.34. The van der Waals surface area contributed by atoms with Gasteiger partial charge in [0.15, 0.2) is 11.5 Å². The molecule has 3 rings (SSSR count). The zero-order valence-electron chi connectivity index (χ0n) is 13.4. The molecular formula is C19H26O3. The van der Waals surface area contributed by atoms with Crippen molar-refractivity contribution in [2.24, 2.45) is 11.8 Å². The number of hydrogen-bond donors (Lipinski definition) is 0. The normalized spacial score (nSPS) is 26.3. The van der Waals surface area contributed by atoms with Crippen LogP contribution in [0.5, 0.6) is 11.5 Å². The zero-order chi connectivity index (χ0) is 15.4. The lowest BCUT2D eigenvalue weighted by atomic mass is 9.84. The lowest BCUT2D eigenvalue weighted by molar-refractivity contribution is 0.0883. The van der Waals surface area contributed by atoms with Gasteiger partial charge in [0.25, 0.3) is 0 Å². The molecule has 22 heavy (non-hydrogen) atoms. The number of ether oxygens (including phenoxy) is 3. The van der Waals surface area contributed by atoms with Crippen LogP contribution in [0.4, 0.5) is 0 Å². The largest absolute Gasteiger partial charge is 0.454 e. The fourth-order valence-electron chi connectivity index (χ4n) is 3.55. The summed E-state index contributed by atoms with van der Waals surface area (Å²) in [4.78, 5) is 0. The van der Waals surface area contributed by atoms with Crippen molar-refractivity contribution in [2.45, 2.75) is 45.1 Å². The van der Waals surface area contributed by atoms with E-state index in [0.29, 0.717) is 24.7 Å². The third-order valence-corrected chi connectivity index (χ3v) is 4.80. The fourth-order valence-corrected chi connectivity index (χ4v) is 3.55. The highest BCUT2D eigenvalue weighted by atomic mass is 16.7. The Labute approximate surface area is 133 Å². The molecule has 0 bridgehead atoms. The van der Waals surface area contributed by atoms with Crippen LogP contribution in [0.25, 0.3) is 0 Å². The second-order valence-corrected chi connectivity index (χ2v) is 6.33. The maximum absolute atomic E-state index is 6.05. The molecule has 0 saturated carbocycles. The Morgan fingerprint density at radius 3 is 2.91 bits per heavy atom. The van der Waals surface area contributed by atoms with Gasteiger partial charge >= 0.3 is 0 Å². The third kappa shape index (κ3) is 3.30. The van der Waals surface area contributed by atoms with Gasteiger partial charge in [-0.3, -0.25) is 0 Å². The van der Waals surface area contributed by atoms with Crippen LogP contribution in [-0.2, 0) is 11.2 Å². The number of rotatable bonds is 7. The molecule has 0 radical (unpaired) electrons. The quantitative estimate of drug-likeness (QED) is 0.553. The molecule has 0 N–H and O–H groups in total. The van der Waals surface area contributed by atoms with Crippen molar-refractivity contribution >= 4 is 0 Å². The Morgan fingerprint density at radius 2 is 2.09 bits per heavy atom. The predicted molar refractivity (Wildman–Crippen MR) is 87.3 cm³/mol. The highest BCUT2D eigenvalue weighted by Crippen LogP contribution is 2.37. The standard InChI is InChI=1S/C19H26O3/c1-3-5-6-7-17-16(4-2)15(12-20-17)10-14-8-9-18-19(11-14)22-13-21-18/h4,8-9,11,15-17H,2-3,5-7,10,12-13H2,1H3/t15-,16+,17-/m1/s1. The lowest BCUT2D eigenvalue weighted by Crippen LogP contribution is -2.19. The van der Waals surface area contributed by atoms with E-state index >= 15 is 0 Å². The first-order valence-corrected chi connectivity index (χ1v) is 8.44. The molecule has 0 aromatic heterocycles. The molecule has 120 valence electrons. The van der Waals surface area contributed by atoms with E-state index in [1.165, 1.54) is 24.8 Å². The molecule has 1 aromatic rings. The monoisotopic (exact) mass is 302 g/mol. The summed E-state index contributed by atoms with van der Waals surface area (Å²) in [5.74, 6) is 2.70. The van der Waals surface area contributed by atoms with Gasteiger partial charge in [-0.2, -0.15) is 0 Å². The average Bonchev–Trinajstić information content (AvgIpc) is 3.14. The van der Waals surface area contributed by atoms with E-state index in [0.717, 1.165) is 30.9 Å². The molecule has 0 spiro atoms. The zero-order valence-corrected chi connectivity index (χ0v) is 13.4. The molecule has 2 aliphatic heterocycles. The molecule has 0 unspecified atom stereocenters. The Kier molecular flexibility index (Phi) is 5.04. The van der Waals surface area contributed by atoms with Crippen LogP contribution in [0.3, 0.4) is 0 Å². The van der Waals surface area contributed by atoms with Gasteiger partial charge < -0.3 is 14.2 Å². The van der Waals surface area contributed by atoms with Gasteiger partial charge in [-0.15, -0.1) is 6.58 Å². The Bertz CT molecular complexity index is 511. The summed E-state index contributed by atoms with van der Waals surface area (Å²) < 4.78 is 16.9. The molecule has 3 atom stereocenters. The van der Waals surface area contributed by atoms with Crippen LogP contribution in [-0.4, -0.2) is 19.5 Å². The van der Waals surface area contributed by atoms with Crippen molar-refractivity contribution in [1.82, 2.24) is 0 Å². The lowest BCUT2D eigenvalue weighted by Gasteiger charge is -2.19. The minimum atomic E-state index is 0.333. The number of fused-ring (bicyclic) bond motifs is 1. The van der Waals surface area contributed by atoms with E-state index in [9.17, 15) is 0 Å². The smallest absolute Gasteiger partial charge is 0.231 e. The molecule has 1 fully saturated rings. The molecule has 0 amide bonds. The summed E-state index contributed by atoms with van der Waals surface area (Å²) in [7, 11) is 0. The van der Waals surface area contributed by atoms with Crippen LogP contribution in [0.2, 0.25) is 0 Å². The molecule has 1 aromatic carbocycles. The van der Waals surface area contributed by atoms with E-state index in [1.807, 2.05) is 6.07 Å². The van der Waals surface area contributed by atoms with Gasteiger partial charge in [-0.1, -0.05) is 38.3 Å². The molecule has 3 heteroatoms. The van der Waals surface area contributed by atoms with Gasteiger partial charge in [0.05, 0.1) is 12.7 Å².